The summed E-state index contributed by atoms with van der Waals surface area (Å²) in [6, 6.07) is 4.11. The van der Waals surface area contributed by atoms with Crippen LogP contribution in [0.5, 0.6) is 0 Å². The minimum absolute atomic E-state index is 0.0417. The second-order valence-electron chi connectivity index (χ2n) is 17.1. The van der Waals surface area contributed by atoms with E-state index in [4.69, 9.17) is 17.2 Å². The zero-order valence-electron chi connectivity index (χ0n) is 39.4. The van der Waals surface area contributed by atoms with E-state index in [2.05, 4.69) is 51.8 Å². The number of imide groups is 1. The van der Waals surface area contributed by atoms with Gasteiger partial charge in [-0.3, -0.25) is 53.0 Å². The Morgan fingerprint density at radius 1 is 0.775 bits per heavy atom. The third kappa shape index (κ3) is 15.4. The summed E-state index contributed by atoms with van der Waals surface area (Å²) < 4.78 is 0. The predicted octanol–water partition coefficient (Wildman–Crippen LogP) is -1.74. The summed E-state index contributed by atoms with van der Waals surface area (Å²) in [6.07, 6.45) is 3.25. The van der Waals surface area contributed by atoms with E-state index in [0.29, 0.717) is 45.5 Å². The summed E-state index contributed by atoms with van der Waals surface area (Å²) in [4.78, 5) is 142. The van der Waals surface area contributed by atoms with E-state index >= 15 is 0 Å². The number of carbonyl (C=O) groups excluding carboxylic acids is 8. The van der Waals surface area contributed by atoms with E-state index in [9.17, 15) is 48.3 Å². The summed E-state index contributed by atoms with van der Waals surface area (Å²) >= 11 is 0. The number of aromatic nitrogens is 3. The van der Waals surface area contributed by atoms with Gasteiger partial charge < -0.3 is 64.2 Å². The molecule has 2 aromatic carbocycles. The van der Waals surface area contributed by atoms with Gasteiger partial charge in [-0.2, -0.15) is 0 Å². The first kappa shape index (κ1) is 53.8. The van der Waals surface area contributed by atoms with Crippen LogP contribution >= 0.6 is 0 Å². The molecule has 1 aliphatic heterocycles. The molecule has 24 heteroatoms. The number of rotatable bonds is 18. The van der Waals surface area contributed by atoms with Crippen molar-refractivity contribution in [3.63, 3.8) is 0 Å². The Balaban J connectivity index is 1.70. The number of para-hydroxylation sites is 1. The van der Waals surface area contributed by atoms with Crippen molar-refractivity contribution in [1.29, 1.82) is 0 Å². The third-order valence-corrected chi connectivity index (χ3v) is 11.7. The highest BCUT2D eigenvalue weighted by atomic mass is 16.4. The highest BCUT2D eigenvalue weighted by Gasteiger charge is 2.44. The molecule has 0 spiro atoms. The topological polar surface area (TPSA) is 384 Å². The third-order valence-electron chi connectivity index (χ3n) is 11.7. The number of hydrogen-bond donors (Lipinski definition) is 12. The van der Waals surface area contributed by atoms with Crippen LogP contribution in [-0.2, 0) is 62.4 Å². The van der Waals surface area contributed by atoms with Gasteiger partial charge in [-0.25, -0.2) is 4.98 Å². The van der Waals surface area contributed by atoms with Gasteiger partial charge in [-0.15, -0.1) is 0 Å². The number of carbonyl (C=O) groups is 9. The summed E-state index contributed by atoms with van der Waals surface area (Å²) in [7, 11) is 0. The summed E-state index contributed by atoms with van der Waals surface area (Å²) in [6.45, 7) is 2.25. The van der Waals surface area contributed by atoms with Crippen LogP contribution in [0.15, 0.2) is 78.3 Å². The fourth-order valence-corrected chi connectivity index (χ4v) is 8.09. The van der Waals surface area contributed by atoms with Gasteiger partial charge in [-0.05, 0) is 36.5 Å². The first-order valence-electron chi connectivity index (χ1n) is 23.2. The molecule has 0 saturated carbocycles. The minimum atomic E-state index is -2.22. The standard InChI is InChI=1S/C47H62N14O10/c1-3-4-14-33(55-26(2)62)45(70)61-38(21-39(63)64)44(69)59-36(20-29-24-51-25-54-29)43(68)57-34(18-27-11-6-5-7-12-27)41(66)56-32(16-10-17-52-47(49)50)40(65)58-35(42(67)60-37(22-48)46(61)71)19-28-23-53-31-15-9-8-13-30(28)31/h5-9,11-13,15,23-25,32-38,53H,3-4,10,14,16-22,48H2,1-2H3,(H,51,54)(H,55,62)(H,56,66)(H,57,68)(H,58,65)(H,59,69)(H,60,67)(H,63,64)(H4,49,50,52)/t32-,33-,34+,35-,36-,37-,38-/m0/s1. The SMILES string of the molecule is CCCC[C@H](NC(C)=O)C(=O)N1C(=O)[C@H](CN)NC(=O)[C@H](Cc2c[nH]c3ccccc23)NC(=O)[C@H](CCCN=C(N)N)NC(=O)[C@@H](Cc2ccccc2)NC(=O)[C@H](Cc2cnc[nH]2)NC(=O)[C@@H]1CC(=O)O. The number of nitrogens with one attached hydrogen (secondary N) is 8. The molecule has 2 aromatic heterocycles. The smallest absolute Gasteiger partial charge is 0.306 e. The van der Waals surface area contributed by atoms with Gasteiger partial charge in [0.15, 0.2) is 5.96 Å². The van der Waals surface area contributed by atoms with Crippen molar-refractivity contribution in [2.75, 3.05) is 13.1 Å². The lowest BCUT2D eigenvalue weighted by Crippen LogP contribution is -2.66. The van der Waals surface area contributed by atoms with E-state index in [1.807, 2.05) is 0 Å². The molecule has 24 nitrogen and oxygen atoms in total. The maximum absolute atomic E-state index is 15.0. The molecular formula is C47H62N14O10. The number of aliphatic carboxylic acids is 1. The van der Waals surface area contributed by atoms with Crippen LogP contribution in [0, 0.1) is 0 Å². The lowest BCUT2D eigenvalue weighted by atomic mass is 10.0. The molecule has 5 rings (SSSR count). The molecule has 0 unspecified atom stereocenters. The number of amides is 8. The van der Waals surface area contributed by atoms with Crippen LogP contribution in [0.25, 0.3) is 10.9 Å². The number of hydrogen-bond acceptors (Lipinski definition) is 12. The van der Waals surface area contributed by atoms with E-state index in [-0.39, 0.29) is 51.0 Å². The van der Waals surface area contributed by atoms with Gasteiger partial charge in [0.2, 0.25) is 35.4 Å². The average molecular weight is 983 g/mol. The fourth-order valence-electron chi connectivity index (χ4n) is 8.09. The van der Waals surface area contributed by atoms with Crippen molar-refractivity contribution in [3.8, 4) is 0 Å². The van der Waals surface area contributed by atoms with Gasteiger partial charge >= 0.3 is 5.97 Å². The number of benzene rings is 2. The number of fused-ring (bicyclic) bond motifs is 1. The number of H-pyrrole nitrogens is 2. The number of aliphatic imine (C=N–C) groups is 1. The quantitative estimate of drug-likeness (QED) is 0.0299. The molecule has 1 saturated heterocycles. The molecule has 0 radical (unpaired) electrons. The molecule has 15 N–H and O–H groups in total. The zero-order chi connectivity index (χ0) is 51.6. The van der Waals surface area contributed by atoms with Crippen LogP contribution in [0.3, 0.4) is 0 Å². The molecule has 4 aromatic rings. The maximum atomic E-state index is 15.0. The number of aromatic amines is 2. The first-order chi connectivity index (χ1) is 34.0. The monoisotopic (exact) mass is 982 g/mol. The molecule has 3 heterocycles. The summed E-state index contributed by atoms with van der Waals surface area (Å²) in [5.41, 5.74) is 19.4. The van der Waals surface area contributed by atoms with E-state index in [1.54, 1.807) is 67.7 Å². The minimum Gasteiger partial charge on any atom is -0.481 e. The Morgan fingerprint density at radius 2 is 1.38 bits per heavy atom. The molecule has 0 aliphatic carbocycles. The van der Waals surface area contributed by atoms with Crippen LogP contribution in [0.2, 0.25) is 0 Å². The van der Waals surface area contributed by atoms with E-state index in [0.717, 1.165) is 6.92 Å². The summed E-state index contributed by atoms with van der Waals surface area (Å²) in [5, 5.41) is 26.6. The van der Waals surface area contributed by atoms with Crippen molar-refractivity contribution >= 4 is 70.1 Å². The number of nitrogens with zero attached hydrogens (tertiary/aromatic N) is 3. The van der Waals surface area contributed by atoms with E-state index in [1.165, 1.54) is 12.5 Å². The Kier molecular flexibility index (Phi) is 19.7. The van der Waals surface area contributed by atoms with Gasteiger partial charge in [0.1, 0.15) is 42.3 Å². The Morgan fingerprint density at radius 3 is 2.00 bits per heavy atom. The second kappa shape index (κ2) is 26.0. The number of carboxylic acids is 1. The van der Waals surface area contributed by atoms with Crippen molar-refractivity contribution in [1.82, 2.24) is 51.8 Å². The molecule has 0 bridgehead atoms. The highest BCUT2D eigenvalue weighted by molar-refractivity contribution is 6.07. The Hall–Kier alpha value is -8.15. The lowest BCUT2D eigenvalue weighted by molar-refractivity contribution is -0.158. The largest absolute Gasteiger partial charge is 0.481 e. The molecule has 71 heavy (non-hydrogen) atoms. The molecule has 7 atom stereocenters. The zero-order valence-corrected chi connectivity index (χ0v) is 39.4. The van der Waals surface area contributed by atoms with Crippen LogP contribution < -0.4 is 49.1 Å². The number of guanidine groups is 1. The highest BCUT2D eigenvalue weighted by Crippen LogP contribution is 2.21. The lowest BCUT2D eigenvalue weighted by Gasteiger charge is -2.35. The molecule has 1 fully saturated rings. The van der Waals surface area contributed by atoms with Crippen LogP contribution in [0.4, 0.5) is 0 Å². The van der Waals surface area contributed by atoms with Gasteiger partial charge in [0, 0.05) is 68.3 Å². The Labute approximate surface area is 408 Å². The van der Waals surface area contributed by atoms with Gasteiger partial charge in [-0.1, -0.05) is 68.3 Å². The van der Waals surface area contributed by atoms with Crippen LogP contribution in [0.1, 0.15) is 69.2 Å². The van der Waals surface area contributed by atoms with Gasteiger partial charge in [0.05, 0.1) is 12.7 Å². The van der Waals surface area contributed by atoms with E-state index < -0.39 is 108 Å². The van der Waals surface area contributed by atoms with Crippen molar-refractivity contribution in [2.24, 2.45) is 22.2 Å². The average Bonchev–Trinajstić information content (AvgIpc) is 4.01. The molecule has 8 amide bonds. The summed E-state index contributed by atoms with van der Waals surface area (Å²) in [5.74, 6) is -10.1. The van der Waals surface area contributed by atoms with Crippen molar-refractivity contribution < 1.29 is 48.3 Å². The maximum Gasteiger partial charge on any atom is 0.306 e. The number of carboxylic acid groups (broad SMARTS) is 1. The second-order valence-corrected chi connectivity index (χ2v) is 17.1. The predicted molar refractivity (Wildman–Crippen MR) is 258 cm³/mol. The molecular weight excluding hydrogens is 921 g/mol. The van der Waals surface area contributed by atoms with Crippen molar-refractivity contribution in [2.45, 2.75) is 114 Å². The number of nitrogens with two attached hydrogens (primary N) is 3. The normalized spacial score (nSPS) is 21.1. The van der Waals surface area contributed by atoms with Gasteiger partial charge in [0.25, 0.3) is 11.8 Å². The Bertz CT molecular complexity index is 2550. The molecule has 1 aliphatic rings. The number of imidazole rings is 1. The number of unbranched alkanes of at least 4 members (excludes halogenated alkanes) is 1. The van der Waals surface area contributed by atoms with Crippen LogP contribution in [-0.4, -0.2) is 140 Å². The first-order valence-corrected chi connectivity index (χ1v) is 23.2. The van der Waals surface area contributed by atoms with Crippen molar-refractivity contribution in [3.05, 3.63) is 90.1 Å². The fraction of sp³-hybridized carbons (Fsp3) is 0.426. The molecule has 380 valence electrons.